The molecular weight excluding hydrogens is 324 g/mol. The first-order valence-corrected chi connectivity index (χ1v) is 7.14. The van der Waals surface area contributed by atoms with Crippen molar-refractivity contribution in [2.75, 3.05) is 6.61 Å². The van der Waals surface area contributed by atoms with Crippen LogP contribution in [0.25, 0.3) is 0 Å². The van der Waals surface area contributed by atoms with Crippen LogP contribution in [0.5, 0.6) is 0 Å². The molecule has 0 spiro atoms. The summed E-state index contributed by atoms with van der Waals surface area (Å²) in [5, 5.41) is 9.52. The Labute approximate surface area is 127 Å². The van der Waals surface area contributed by atoms with E-state index in [-0.39, 0.29) is 17.7 Å². The van der Waals surface area contributed by atoms with Gasteiger partial charge in [0.2, 0.25) is 0 Å². The van der Waals surface area contributed by atoms with Gasteiger partial charge in [-0.05, 0) is 36.5 Å². The number of carboxylic acids is 1. The number of carboxylic acid groups (broad SMARTS) is 1. The van der Waals surface area contributed by atoms with Crippen molar-refractivity contribution in [2.24, 2.45) is 0 Å². The number of ether oxygens (including phenoxy) is 1. The van der Waals surface area contributed by atoms with Crippen molar-refractivity contribution in [3.8, 4) is 0 Å². The monoisotopic (exact) mass is 342 g/mol. The highest BCUT2D eigenvalue weighted by Crippen LogP contribution is 2.35. The zero-order valence-corrected chi connectivity index (χ0v) is 13.9. The molecule has 0 bridgehead atoms. The quantitative estimate of drug-likeness (QED) is 0.845. The molecule has 20 heavy (non-hydrogen) atoms. The summed E-state index contributed by atoms with van der Waals surface area (Å²) in [7, 11) is 0. The van der Waals surface area contributed by atoms with Gasteiger partial charge in [0.05, 0.1) is 17.7 Å². The number of benzene rings is 1. The van der Waals surface area contributed by atoms with Crippen LogP contribution in [0.15, 0.2) is 10.5 Å². The van der Waals surface area contributed by atoms with Gasteiger partial charge in [0.1, 0.15) is 0 Å². The molecule has 1 N–H and O–H groups in total. The van der Waals surface area contributed by atoms with E-state index in [4.69, 9.17) is 4.74 Å². The van der Waals surface area contributed by atoms with Crippen LogP contribution in [-0.2, 0) is 10.2 Å². The summed E-state index contributed by atoms with van der Waals surface area (Å²) in [6.45, 7) is 9.49. The molecular formula is C15H19BrO4. The molecule has 0 saturated carbocycles. The molecule has 1 aromatic rings. The molecule has 0 aromatic heterocycles. The number of carbonyl (C=O) groups is 2. The van der Waals surface area contributed by atoms with Gasteiger partial charge in [0, 0.05) is 4.47 Å². The standard InChI is InChI=1S/C15H19BrO4/c1-6-20-14(19)9-7-10(16)8(2)12(15(3,4)5)11(9)13(17)18/h7H,6H2,1-5H3,(H,17,18). The van der Waals surface area contributed by atoms with Gasteiger partial charge in [-0.15, -0.1) is 0 Å². The van der Waals surface area contributed by atoms with Gasteiger partial charge in [-0.3, -0.25) is 0 Å². The highest BCUT2D eigenvalue weighted by Gasteiger charge is 2.30. The van der Waals surface area contributed by atoms with E-state index in [0.717, 1.165) is 5.56 Å². The number of halogens is 1. The summed E-state index contributed by atoms with van der Waals surface area (Å²) < 4.78 is 5.66. The van der Waals surface area contributed by atoms with Crippen LogP contribution in [0.4, 0.5) is 0 Å². The number of rotatable bonds is 3. The molecule has 4 nitrogen and oxygen atoms in total. The van der Waals surface area contributed by atoms with Crippen molar-refractivity contribution in [3.05, 3.63) is 32.8 Å². The molecule has 1 aromatic carbocycles. The van der Waals surface area contributed by atoms with Gasteiger partial charge < -0.3 is 9.84 Å². The average molecular weight is 343 g/mol. The highest BCUT2D eigenvalue weighted by atomic mass is 79.9. The molecule has 0 aliphatic carbocycles. The molecule has 1 rings (SSSR count). The normalized spacial score (nSPS) is 11.3. The van der Waals surface area contributed by atoms with Crippen LogP contribution in [-0.4, -0.2) is 23.7 Å². The first kappa shape index (κ1) is 16.7. The van der Waals surface area contributed by atoms with Crippen LogP contribution in [0.3, 0.4) is 0 Å². The number of hydrogen-bond acceptors (Lipinski definition) is 3. The van der Waals surface area contributed by atoms with Gasteiger partial charge in [0.15, 0.2) is 0 Å². The minimum atomic E-state index is -1.12. The molecule has 5 heteroatoms. The fourth-order valence-electron chi connectivity index (χ4n) is 2.28. The second-order valence-corrected chi connectivity index (χ2v) is 6.41. The van der Waals surface area contributed by atoms with E-state index in [1.54, 1.807) is 6.92 Å². The lowest BCUT2D eigenvalue weighted by Crippen LogP contribution is -2.23. The lowest BCUT2D eigenvalue weighted by atomic mass is 9.79. The molecule has 0 aliphatic heterocycles. The predicted octanol–water partition coefficient (Wildman–Crippen LogP) is 3.93. The van der Waals surface area contributed by atoms with E-state index < -0.39 is 17.4 Å². The van der Waals surface area contributed by atoms with E-state index in [1.807, 2.05) is 27.7 Å². The minimum Gasteiger partial charge on any atom is -0.478 e. The fourth-order valence-corrected chi connectivity index (χ4v) is 2.71. The first-order chi connectivity index (χ1) is 9.11. The summed E-state index contributed by atoms with van der Waals surface area (Å²) in [6.07, 6.45) is 0. The van der Waals surface area contributed by atoms with Crippen molar-refractivity contribution in [1.29, 1.82) is 0 Å². The molecule has 0 radical (unpaired) electrons. The smallest absolute Gasteiger partial charge is 0.339 e. The summed E-state index contributed by atoms with van der Waals surface area (Å²) in [6, 6.07) is 1.52. The van der Waals surface area contributed by atoms with Gasteiger partial charge >= 0.3 is 11.9 Å². The topological polar surface area (TPSA) is 63.6 Å². The molecule has 0 fully saturated rings. The highest BCUT2D eigenvalue weighted by molar-refractivity contribution is 9.10. The third-order valence-electron chi connectivity index (χ3n) is 2.98. The molecule has 0 heterocycles. The maximum absolute atomic E-state index is 12.0. The van der Waals surface area contributed by atoms with Crippen LogP contribution >= 0.6 is 15.9 Å². The Morgan fingerprint density at radius 2 is 1.90 bits per heavy atom. The van der Waals surface area contributed by atoms with E-state index in [1.165, 1.54) is 6.07 Å². The van der Waals surface area contributed by atoms with Gasteiger partial charge in [-0.1, -0.05) is 36.7 Å². The molecule has 110 valence electrons. The molecule has 0 saturated heterocycles. The Bertz CT molecular complexity index is 556. The van der Waals surface area contributed by atoms with Gasteiger partial charge in [-0.25, -0.2) is 9.59 Å². The van der Waals surface area contributed by atoms with E-state index in [0.29, 0.717) is 10.0 Å². The third-order valence-corrected chi connectivity index (χ3v) is 3.81. The lowest BCUT2D eigenvalue weighted by molar-refractivity contribution is 0.0513. The third kappa shape index (κ3) is 3.20. The second kappa shape index (κ2) is 5.95. The SMILES string of the molecule is CCOC(=O)c1cc(Br)c(C)c(C(C)(C)C)c1C(=O)O. The maximum atomic E-state index is 12.0. The second-order valence-electron chi connectivity index (χ2n) is 5.56. The Hall–Kier alpha value is -1.36. The van der Waals surface area contributed by atoms with Gasteiger partial charge in [0.25, 0.3) is 0 Å². The average Bonchev–Trinajstić information content (AvgIpc) is 2.30. The lowest BCUT2D eigenvalue weighted by Gasteiger charge is -2.26. The summed E-state index contributed by atoms with van der Waals surface area (Å²) in [5.41, 5.74) is 1.17. The number of carbonyl (C=O) groups excluding carboxylic acids is 1. The minimum absolute atomic E-state index is 0.0247. The Kier molecular flexibility index (Phi) is 4.97. The first-order valence-electron chi connectivity index (χ1n) is 6.35. The van der Waals surface area contributed by atoms with Crippen molar-refractivity contribution in [1.82, 2.24) is 0 Å². The number of aromatic carboxylic acids is 1. The van der Waals surface area contributed by atoms with Crippen LogP contribution in [0.1, 0.15) is 59.5 Å². The van der Waals surface area contributed by atoms with Crippen LogP contribution in [0.2, 0.25) is 0 Å². The molecule has 0 amide bonds. The van der Waals surface area contributed by atoms with Crippen molar-refractivity contribution < 1.29 is 19.4 Å². The zero-order chi connectivity index (χ0) is 15.7. The maximum Gasteiger partial charge on any atom is 0.339 e. The summed E-state index contributed by atoms with van der Waals surface area (Å²) in [4.78, 5) is 23.6. The van der Waals surface area contributed by atoms with E-state index in [2.05, 4.69) is 15.9 Å². The molecule has 0 atom stereocenters. The number of hydrogen-bond donors (Lipinski definition) is 1. The fraction of sp³-hybridized carbons (Fsp3) is 0.467. The largest absolute Gasteiger partial charge is 0.478 e. The molecule has 0 aliphatic rings. The molecule has 0 unspecified atom stereocenters. The van der Waals surface area contributed by atoms with E-state index >= 15 is 0 Å². The van der Waals surface area contributed by atoms with E-state index in [9.17, 15) is 14.7 Å². The summed E-state index contributed by atoms with van der Waals surface area (Å²) >= 11 is 3.39. The van der Waals surface area contributed by atoms with Crippen molar-refractivity contribution >= 4 is 27.9 Å². The van der Waals surface area contributed by atoms with Crippen LogP contribution in [0, 0.1) is 6.92 Å². The van der Waals surface area contributed by atoms with Crippen molar-refractivity contribution in [2.45, 2.75) is 40.0 Å². The summed E-state index contributed by atoms with van der Waals surface area (Å²) in [5.74, 6) is -1.73. The Morgan fingerprint density at radius 3 is 2.30 bits per heavy atom. The zero-order valence-electron chi connectivity index (χ0n) is 12.3. The van der Waals surface area contributed by atoms with Gasteiger partial charge in [-0.2, -0.15) is 0 Å². The Morgan fingerprint density at radius 1 is 1.35 bits per heavy atom. The van der Waals surface area contributed by atoms with Crippen LogP contribution < -0.4 is 0 Å². The predicted molar refractivity (Wildman–Crippen MR) is 80.5 cm³/mol. The van der Waals surface area contributed by atoms with Crippen molar-refractivity contribution in [3.63, 3.8) is 0 Å². The Balaban J connectivity index is 3.74. The number of esters is 1.